The molecule has 6 nitrogen and oxygen atoms in total. The summed E-state index contributed by atoms with van der Waals surface area (Å²) in [6.07, 6.45) is 51.0. The fourth-order valence-corrected chi connectivity index (χ4v) is 8.49. The molecule has 6 heteroatoms. The van der Waals surface area contributed by atoms with Crippen molar-refractivity contribution in [3.63, 3.8) is 0 Å². The van der Waals surface area contributed by atoms with Gasteiger partial charge in [-0.2, -0.15) is 0 Å². The predicted octanol–water partition coefficient (Wildman–Crippen LogP) is 18.1. The Balaban J connectivity index is 4.20. The number of esters is 3. The number of unbranched alkanes of at least 4 members (excludes halogenated alkanes) is 34. The molecule has 368 valence electrons. The molecule has 0 aliphatic rings. The summed E-state index contributed by atoms with van der Waals surface area (Å²) in [5, 5.41) is 0. The van der Waals surface area contributed by atoms with Crippen molar-refractivity contribution in [1.29, 1.82) is 0 Å². The van der Waals surface area contributed by atoms with E-state index in [1.807, 2.05) is 0 Å². The maximum Gasteiger partial charge on any atom is 0.306 e. The summed E-state index contributed by atoms with van der Waals surface area (Å²) in [4.78, 5) is 38.0. The van der Waals surface area contributed by atoms with Crippen LogP contribution in [0.5, 0.6) is 0 Å². The lowest BCUT2D eigenvalue weighted by molar-refractivity contribution is -0.167. The minimum Gasteiger partial charge on any atom is -0.462 e. The summed E-state index contributed by atoms with van der Waals surface area (Å²) in [6, 6.07) is 0. The lowest BCUT2D eigenvalue weighted by Gasteiger charge is -2.18. The fourth-order valence-electron chi connectivity index (χ4n) is 8.49. The topological polar surface area (TPSA) is 78.9 Å². The van der Waals surface area contributed by atoms with Gasteiger partial charge in [-0.1, -0.05) is 272 Å². The molecule has 0 aromatic heterocycles. The SMILES string of the molecule is CCCCCCCCCCCCCC(=O)OC[C@@H](COC(=O)CCCCCCCCCCC(C)C)OC(=O)CCCCCCCCCCCCCCCCCCCCC(C)CC. The van der Waals surface area contributed by atoms with Crippen LogP contribution < -0.4 is 0 Å². The molecule has 0 amide bonds. The van der Waals surface area contributed by atoms with Crippen molar-refractivity contribution < 1.29 is 28.6 Å². The molecule has 2 atom stereocenters. The van der Waals surface area contributed by atoms with Crippen LogP contribution in [0.15, 0.2) is 0 Å². The van der Waals surface area contributed by atoms with Gasteiger partial charge in [0.1, 0.15) is 13.2 Å². The van der Waals surface area contributed by atoms with E-state index in [0.29, 0.717) is 19.3 Å². The summed E-state index contributed by atoms with van der Waals surface area (Å²) < 4.78 is 16.8. The van der Waals surface area contributed by atoms with Crippen LogP contribution in [0.3, 0.4) is 0 Å². The summed E-state index contributed by atoms with van der Waals surface area (Å²) in [6.45, 7) is 11.4. The van der Waals surface area contributed by atoms with Gasteiger partial charge in [-0.25, -0.2) is 0 Å². The molecule has 0 rings (SSSR count). The molecule has 0 radical (unpaired) electrons. The molecule has 0 saturated carbocycles. The molecule has 0 aromatic carbocycles. The Labute approximate surface area is 387 Å². The molecule has 0 saturated heterocycles. The first-order valence-corrected chi connectivity index (χ1v) is 27.8. The number of hydrogen-bond donors (Lipinski definition) is 0. The van der Waals surface area contributed by atoms with Gasteiger partial charge in [-0.05, 0) is 31.1 Å². The number of carbonyl (C=O) groups is 3. The molecule has 0 aliphatic carbocycles. The maximum atomic E-state index is 12.8. The average molecular weight is 877 g/mol. The van der Waals surface area contributed by atoms with E-state index in [0.717, 1.165) is 69.6 Å². The minimum absolute atomic E-state index is 0.0636. The zero-order chi connectivity index (χ0) is 45.4. The van der Waals surface area contributed by atoms with E-state index in [9.17, 15) is 14.4 Å². The number of rotatable bonds is 50. The number of carbonyl (C=O) groups excluding carboxylic acids is 3. The molecule has 62 heavy (non-hydrogen) atoms. The highest BCUT2D eigenvalue weighted by molar-refractivity contribution is 5.71. The standard InChI is InChI=1S/C56H108O6/c1-6-8-9-10-11-12-21-25-31-36-41-46-54(57)60-49-53(50-61-55(58)47-42-37-32-28-27-29-34-39-44-51(3)4)62-56(59)48-43-38-33-26-23-20-18-16-14-13-15-17-19-22-24-30-35-40-45-52(5)7-2/h51-53H,6-50H2,1-5H3/t52?,53-/m0/s1. The molecular formula is C56H108O6. The second kappa shape index (κ2) is 48.9. The second-order valence-corrected chi connectivity index (χ2v) is 19.9. The van der Waals surface area contributed by atoms with Crippen LogP contribution in [0.2, 0.25) is 0 Å². The van der Waals surface area contributed by atoms with Gasteiger partial charge >= 0.3 is 17.9 Å². The predicted molar refractivity (Wildman–Crippen MR) is 266 cm³/mol. The first-order chi connectivity index (χ1) is 30.3. The Morgan fingerprint density at radius 3 is 0.919 bits per heavy atom. The number of ether oxygens (including phenoxy) is 3. The van der Waals surface area contributed by atoms with Gasteiger partial charge in [-0.3, -0.25) is 14.4 Å². The van der Waals surface area contributed by atoms with E-state index in [-0.39, 0.29) is 31.1 Å². The second-order valence-electron chi connectivity index (χ2n) is 19.9. The first-order valence-electron chi connectivity index (χ1n) is 27.8. The third kappa shape index (κ3) is 47.9. The van der Waals surface area contributed by atoms with Gasteiger partial charge in [0.05, 0.1) is 0 Å². The molecule has 1 unspecified atom stereocenters. The van der Waals surface area contributed by atoms with Crippen LogP contribution in [0.4, 0.5) is 0 Å². The van der Waals surface area contributed by atoms with Gasteiger partial charge in [0, 0.05) is 19.3 Å². The smallest absolute Gasteiger partial charge is 0.306 e. The molecule has 0 fully saturated rings. The van der Waals surface area contributed by atoms with Gasteiger partial charge in [0.15, 0.2) is 6.10 Å². The number of hydrogen-bond acceptors (Lipinski definition) is 6. The summed E-state index contributed by atoms with van der Waals surface area (Å²) in [5.74, 6) is 0.859. The van der Waals surface area contributed by atoms with Gasteiger partial charge in [0.2, 0.25) is 0 Å². The van der Waals surface area contributed by atoms with Crippen molar-refractivity contribution in [2.75, 3.05) is 13.2 Å². The largest absolute Gasteiger partial charge is 0.462 e. The van der Waals surface area contributed by atoms with Crippen molar-refractivity contribution in [2.24, 2.45) is 11.8 Å². The Hall–Kier alpha value is -1.59. The van der Waals surface area contributed by atoms with E-state index in [1.54, 1.807) is 0 Å². The van der Waals surface area contributed by atoms with Crippen LogP contribution in [0.1, 0.15) is 311 Å². The Bertz CT molecular complexity index is 949. The maximum absolute atomic E-state index is 12.8. The van der Waals surface area contributed by atoms with Crippen LogP contribution in [0.25, 0.3) is 0 Å². The van der Waals surface area contributed by atoms with Crippen molar-refractivity contribution in [2.45, 2.75) is 317 Å². The Morgan fingerprint density at radius 1 is 0.339 bits per heavy atom. The molecular weight excluding hydrogens is 769 g/mol. The monoisotopic (exact) mass is 877 g/mol. The summed E-state index contributed by atoms with van der Waals surface area (Å²) >= 11 is 0. The molecule has 0 aromatic rings. The fraction of sp³-hybridized carbons (Fsp3) is 0.946. The minimum atomic E-state index is -0.762. The van der Waals surface area contributed by atoms with Gasteiger partial charge < -0.3 is 14.2 Å². The molecule has 0 heterocycles. The third-order valence-electron chi connectivity index (χ3n) is 13.1. The quantitative estimate of drug-likeness (QED) is 0.0344. The van der Waals surface area contributed by atoms with Crippen LogP contribution >= 0.6 is 0 Å². The van der Waals surface area contributed by atoms with Gasteiger partial charge in [0.25, 0.3) is 0 Å². The highest BCUT2D eigenvalue weighted by Gasteiger charge is 2.19. The van der Waals surface area contributed by atoms with Crippen LogP contribution in [0, 0.1) is 11.8 Å². The summed E-state index contributed by atoms with van der Waals surface area (Å²) in [5.41, 5.74) is 0. The average Bonchev–Trinajstić information content (AvgIpc) is 3.26. The van der Waals surface area contributed by atoms with E-state index < -0.39 is 6.10 Å². The van der Waals surface area contributed by atoms with Crippen molar-refractivity contribution in [3.05, 3.63) is 0 Å². The molecule has 0 N–H and O–H groups in total. The van der Waals surface area contributed by atoms with Crippen LogP contribution in [-0.2, 0) is 28.6 Å². The van der Waals surface area contributed by atoms with Gasteiger partial charge in [-0.15, -0.1) is 0 Å². The Morgan fingerprint density at radius 2 is 0.613 bits per heavy atom. The lowest BCUT2D eigenvalue weighted by Crippen LogP contribution is -2.30. The van der Waals surface area contributed by atoms with E-state index in [1.165, 1.54) is 199 Å². The molecule has 0 aliphatic heterocycles. The van der Waals surface area contributed by atoms with E-state index in [2.05, 4.69) is 34.6 Å². The zero-order valence-electron chi connectivity index (χ0n) is 42.5. The highest BCUT2D eigenvalue weighted by Crippen LogP contribution is 2.18. The third-order valence-corrected chi connectivity index (χ3v) is 13.1. The highest BCUT2D eigenvalue weighted by atomic mass is 16.6. The molecule has 0 spiro atoms. The lowest BCUT2D eigenvalue weighted by atomic mass is 9.99. The molecule has 0 bridgehead atoms. The van der Waals surface area contributed by atoms with Crippen molar-refractivity contribution in [3.8, 4) is 0 Å². The van der Waals surface area contributed by atoms with E-state index in [4.69, 9.17) is 14.2 Å². The first kappa shape index (κ1) is 60.4. The normalized spacial score (nSPS) is 12.5. The summed E-state index contributed by atoms with van der Waals surface area (Å²) in [7, 11) is 0. The van der Waals surface area contributed by atoms with Crippen LogP contribution in [-0.4, -0.2) is 37.2 Å². The van der Waals surface area contributed by atoms with Crippen molar-refractivity contribution >= 4 is 17.9 Å². The van der Waals surface area contributed by atoms with E-state index >= 15 is 0 Å². The zero-order valence-corrected chi connectivity index (χ0v) is 42.5. The van der Waals surface area contributed by atoms with Crippen molar-refractivity contribution in [1.82, 2.24) is 0 Å². The Kier molecular flexibility index (Phi) is 47.6.